The lowest BCUT2D eigenvalue weighted by molar-refractivity contribution is -0.128. The molecule has 0 bridgehead atoms. The molecule has 0 aliphatic carbocycles. The predicted octanol–water partition coefficient (Wildman–Crippen LogP) is 3.84. The minimum atomic E-state index is -0.502. The third kappa shape index (κ3) is 5.64. The molecule has 1 amide bonds. The molecule has 0 fully saturated rings. The highest BCUT2D eigenvalue weighted by Gasteiger charge is 2.18. The van der Waals surface area contributed by atoms with E-state index in [0.29, 0.717) is 30.9 Å². The summed E-state index contributed by atoms with van der Waals surface area (Å²) in [6.45, 7) is 6.56. The van der Waals surface area contributed by atoms with Crippen molar-refractivity contribution in [3.8, 4) is 17.2 Å². The third-order valence-electron chi connectivity index (χ3n) is 4.58. The number of nitrogens with one attached hydrogen (secondary N) is 1. The molecule has 146 valence electrons. The highest BCUT2D eigenvalue weighted by atomic mass is 16.5. The first-order chi connectivity index (χ1) is 13.0. The summed E-state index contributed by atoms with van der Waals surface area (Å²) in [7, 11) is 3.22. The van der Waals surface area contributed by atoms with Crippen molar-refractivity contribution < 1.29 is 19.0 Å². The summed E-state index contributed by atoms with van der Waals surface area (Å²) in [6, 6.07) is 11.6. The van der Waals surface area contributed by atoms with Gasteiger partial charge in [0.2, 0.25) is 0 Å². The Labute approximate surface area is 161 Å². The molecule has 5 heteroatoms. The van der Waals surface area contributed by atoms with Gasteiger partial charge in [-0.2, -0.15) is 0 Å². The van der Waals surface area contributed by atoms with Crippen LogP contribution < -0.4 is 19.5 Å². The van der Waals surface area contributed by atoms with Crippen LogP contribution >= 0.6 is 0 Å². The van der Waals surface area contributed by atoms with Gasteiger partial charge in [-0.25, -0.2) is 0 Å². The van der Waals surface area contributed by atoms with E-state index >= 15 is 0 Å². The summed E-state index contributed by atoms with van der Waals surface area (Å²) >= 11 is 0. The van der Waals surface area contributed by atoms with Gasteiger partial charge >= 0.3 is 0 Å². The van der Waals surface area contributed by atoms with E-state index in [0.717, 1.165) is 16.9 Å². The molecule has 2 aromatic rings. The average molecular weight is 371 g/mol. The second kappa shape index (κ2) is 9.86. The van der Waals surface area contributed by atoms with Crippen LogP contribution in [0.25, 0.3) is 0 Å². The first kappa shape index (κ1) is 20.6. The standard InChI is InChI=1S/C22H29NO4/c1-6-19(27-18-9-7-15(2)16(3)13-18)22(24)23-12-11-17-8-10-20(25-4)21(14-17)26-5/h7-10,13-14,19H,6,11-12H2,1-5H3,(H,23,24)/t19-/m1/s1. The second-order valence-corrected chi connectivity index (χ2v) is 6.49. The average Bonchev–Trinajstić information content (AvgIpc) is 2.68. The van der Waals surface area contributed by atoms with Gasteiger partial charge < -0.3 is 19.5 Å². The van der Waals surface area contributed by atoms with Crippen molar-refractivity contribution in [2.75, 3.05) is 20.8 Å². The summed E-state index contributed by atoms with van der Waals surface area (Å²) in [5.74, 6) is 2.00. The first-order valence-corrected chi connectivity index (χ1v) is 9.21. The molecule has 0 aromatic heterocycles. The molecule has 5 nitrogen and oxygen atoms in total. The Hall–Kier alpha value is -2.69. The lowest BCUT2D eigenvalue weighted by Crippen LogP contribution is -2.38. The van der Waals surface area contributed by atoms with Crippen LogP contribution in [0.1, 0.15) is 30.0 Å². The van der Waals surface area contributed by atoms with Crippen LogP contribution in [0.4, 0.5) is 0 Å². The molecule has 0 heterocycles. The molecule has 2 rings (SSSR count). The minimum absolute atomic E-state index is 0.101. The normalized spacial score (nSPS) is 11.6. The molecule has 27 heavy (non-hydrogen) atoms. The van der Waals surface area contributed by atoms with E-state index in [-0.39, 0.29) is 5.91 Å². The van der Waals surface area contributed by atoms with Crippen molar-refractivity contribution in [3.63, 3.8) is 0 Å². The zero-order chi connectivity index (χ0) is 19.8. The third-order valence-corrected chi connectivity index (χ3v) is 4.58. The van der Waals surface area contributed by atoms with Crippen molar-refractivity contribution in [1.29, 1.82) is 0 Å². The van der Waals surface area contributed by atoms with Crippen molar-refractivity contribution in [2.45, 2.75) is 39.7 Å². The number of rotatable bonds is 9. The second-order valence-electron chi connectivity index (χ2n) is 6.49. The highest BCUT2D eigenvalue weighted by Crippen LogP contribution is 2.27. The van der Waals surface area contributed by atoms with E-state index in [1.165, 1.54) is 5.56 Å². The van der Waals surface area contributed by atoms with E-state index in [9.17, 15) is 4.79 Å². The summed E-state index contributed by atoms with van der Waals surface area (Å²) in [5.41, 5.74) is 3.42. The Morgan fingerprint density at radius 3 is 2.37 bits per heavy atom. The number of amides is 1. The number of hydrogen-bond acceptors (Lipinski definition) is 4. The Kier molecular flexibility index (Phi) is 7.53. The lowest BCUT2D eigenvalue weighted by atomic mass is 10.1. The molecule has 2 aromatic carbocycles. The zero-order valence-corrected chi connectivity index (χ0v) is 16.8. The minimum Gasteiger partial charge on any atom is -0.493 e. The Bertz CT molecular complexity index is 773. The van der Waals surface area contributed by atoms with E-state index in [2.05, 4.69) is 12.2 Å². The van der Waals surface area contributed by atoms with Crippen LogP contribution in [0.5, 0.6) is 17.2 Å². The summed E-state index contributed by atoms with van der Waals surface area (Å²) < 4.78 is 16.4. The fourth-order valence-corrected chi connectivity index (χ4v) is 2.75. The van der Waals surface area contributed by atoms with Crippen LogP contribution in [-0.4, -0.2) is 32.8 Å². The maximum atomic E-state index is 12.5. The van der Waals surface area contributed by atoms with Gasteiger partial charge in [-0.3, -0.25) is 4.79 Å². The lowest BCUT2D eigenvalue weighted by Gasteiger charge is -2.18. The molecule has 0 spiro atoms. The van der Waals surface area contributed by atoms with Gasteiger partial charge in [0.15, 0.2) is 17.6 Å². The molecule has 0 saturated carbocycles. The Morgan fingerprint density at radius 2 is 1.74 bits per heavy atom. The molecule has 1 N–H and O–H groups in total. The summed E-state index contributed by atoms with van der Waals surface area (Å²) in [4.78, 5) is 12.5. The van der Waals surface area contributed by atoms with Crippen LogP contribution in [0.2, 0.25) is 0 Å². The van der Waals surface area contributed by atoms with Gasteiger partial charge in [-0.15, -0.1) is 0 Å². The van der Waals surface area contributed by atoms with Crippen LogP contribution in [0.3, 0.4) is 0 Å². The molecular formula is C22H29NO4. The highest BCUT2D eigenvalue weighted by molar-refractivity contribution is 5.81. The van der Waals surface area contributed by atoms with Crippen molar-refractivity contribution in [3.05, 3.63) is 53.1 Å². The number of methoxy groups -OCH3 is 2. The summed E-state index contributed by atoms with van der Waals surface area (Å²) in [5, 5.41) is 2.96. The number of carbonyl (C=O) groups excluding carboxylic acids is 1. The maximum Gasteiger partial charge on any atom is 0.261 e. The number of aryl methyl sites for hydroxylation is 2. The van der Waals surface area contributed by atoms with Crippen molar-refractivity contribution in [2.24, 2.45) is 0 Å². The zero-order valence-electron chi connectivity index (χ0n) is 16.8. The van der Waals surface area contributed by atoms with Crippen molar-refractivity contribution in [1.82, 2.24) is 5.32 Å². The number of benzene rings is 2. The van der Waals surface area contributed by atoms with Crippen LogP contribution in [-0.2, 0) is 11.2 Å². The number of carbonyl (C=O) groups is 1. The topological polar surface area (TPSA) is 56.8 Å². The van der Waals surface area contributed by atoms with Crippen LogP contribution in [0, 0.1) is 13.8 Å². The van der Waals surface area contributed by atoms with E-state index in [1.807, 2.05) is 50.2 Å². The Balaban J connectivity index is 1.90. The first-order valence-electron chi connectivity index (χ1n) is 9.21. The molecular weight excluding hydrogens is 342 g/mol. The predicted molar refractivity (Wildman–Crippen MR) is 107 cm³/mol. The van der Waals surface area contributed by atoms with E-state index < -0.39 is 6.10 Å². The van der Waals surface area contributed by atoms with Crippen LogP contribution in [0.15, 0.2) is 36.4 Å². The van der Waals surface area contributed by atoms with Crippen molar-refractivity contribution >= 4 is 5.91 Å². The number of hydrogen-bond donors (Lipinski definition) is 1. The SMILES string of the molecule is CC[C@@H](Oc1ccc(C)c(C)c1)C(=O)NCCc1ccc(OC)c(OC)c1. The molecule has 0 aliphatic rings. The fraction of sp³-hybridized carbons (Fsp3) is 0.409. The van der Waals surface area contributed by atoms with Gasteiger partial charge in [-0.05, 0) is 67.6 Å². The fourth-order valence-electron chi connectivity index (χ4n) is 2.75. The van der Waals surface area contributed by atoms with Gasteiger partial charge in [-0.1, -0.05) is 19.1 Å². The smallest absolute Gasteiger partial charge is 0.261 e. The summed E-state index contributed by atoms with van der Waals surface area (Å²) in [6.07, 6.45) is 0.805. The Morgan fingerprint density at radius 1 is 1.00 bits per heavy atom. The monoisotopic (exact) mass is 371 g/mol. The quantitative estimate of drug-likeness (QED) is 0.728. The van der Waals surface area contributed by atoms with Gasteiger partial charge in [0.05, 0.1) is 14.2 Å². The maximum absolute atomic E-state index is 12.5. The largest absolute Gasteiger partial charge is 0.493 e. The molecule has 0 radical (unpaired) electrons. The van der Waals surface area contributed by atoms with E-state index in [4.69, 9.17) is 14.2 Å². The molecule has 1 atom stereocenters. The van der Waals surface area contributed by atoms with Gasteiger partial charge in [0.25, 0.3) is 5.91 Å². The van der Waals surface area contributed by atoms with Gasteiger partial charge in [0, 0.05) is 6.54 Å². The molecule has 0 saturated heterocycles. The number of ether oxygens (including phenoxy) is 3. The van der Waals surface area contributed by atoms with E-state index in [1.54, 1.807) is 14.2 Å². The van der Waals surface area contributed by atoms with Gasteiger partial charge in [0.1, 0.15) is 5.75 Å². The molecule has 0 aliphatic heterocycles. The molecule has 0 unspecified atom stereocenters.